The Morgan fingerprint density at radius 3 is 2.86 bits per heavy atom. The lowest BCUT2D eigenvalue weighted by Gasteiger charge is -2.35. The fourth-order valence-corrected chi connectivity index (χ4v) is 4.75. The highest BCUT2D eigenvalue weighted by atomic mass is 16.5. The van der Waals surface area contributed by atoms with Gasteiger partial charge in [-0.15, -0.1) is 0 Å². The van der Waals surface area contributed by atoms with E-state index in [4.69, 9.17) is 4.74 Å². The van der Waals surface area contributed by atoms with Gasteiger partial charge >= 0.3 is 0 Å². The summed E-state index contributed by atoms with van der Waals surface area (Å²) in [6.07, 6.45) is 6.47. The van der Waals surface area contributed by atoms with Crippen LogP contribution in [0.1, 0.15) is 29.2 Å². The van der Waals surface area contributed by atoms with Crippen molar-refractivity contribution in [3.05, 3.63) is 42.5 Å². The highest BCUT2D eigenvalue weighted by Gasteiger charge is 2.43. The Hall–Kier alpha value is -2.87. The minimum Gasteiger partial charge on any atom is -0.482 e. The molecule has 1 saturated carbocycles. The third-order valence-corrected chi connectivity index (χ3v) is 6.17. The van der Waals surface area contributed by atoms with Crippen molar-refractivity contribution in [3.63, 3.8) is 0 Å². The van der Waals surface area contributed by atoms with E-state index in [9.17, 15) is 14.7 Å². The van der Waals surface area contributed by atoms with Gasteiger partial charge in [-0.3, -0.25) is 9.59 Å². The molecule has 0 unspecified atom stereocenters. The first kappa shape index (κ1) is 17.2. The van der Waals surface area contributed by atoms with E-state index in [2.05, 4.69) is 10.3 Å². The molecule has 8 nitrogen and oxygen atoms in total. The first-order valence-corrected chi connectivity index (χ1v) is 9.60. The number of anilines is 1. The SMILES string of the molecule is O=C1COc2cc(C(=O)N3C[C@H]4C[C@@H](n5ccnc5)[C@H](O)C[C@H]4C3)ccc2N1. The zero-order chi connectivity index (χ0) is 19.3. The number of rotatable bonds is 2. The highest BCUT2D eigenvalue weighted by molar-refractivity contribution is 5.99. The molecule has 1 saturated heterocycles. The topological polar surface area (TPSA) is 96.7 Å². The number of imidazole rings is 1. The first-order chi connectivity index (χ1) is 13.6. The van der Waals surface area contributed by atoms with Gasteiger partial charge in [0.25, 0.3) is 11.8 Å². The minimum absolute atomic E-state index is 0.0135. The van der Waals surface area contributed by atoms with Gasteiger partial charge in [-0.1, -0.05) is 0 Å². The number of aliphatic hydroxyl groups is 1. The van der Waals surface area contributed by atoms with E-state index in [0.29, 0.717) is 48.3 Å². The number of hydrogen-bond acceptors (Lipinski definition) is 5. The summed E-state index contributed by atoms with van der Waals surface area (Å²) < 4.78 is 7.40. The third-order valence-electron chi connectivity index (χ3n) is 6.17. The maximum Gasteiger partial charge on any atom is 0.262 e. The standard InChI is InChI=1S/C20H22N4O4/c25-17-6-14-9-24(8-13(14)5-16(17)23-4-3-21-11-23)20(27)12-1-2-15-18(7-12)28-10-19(26)22-15/h1-4,7,11,13-14,16-17,25H,5-6,8-10H2,(H,22,26)/t13-,14+,16-,17-/m1/s1. The predicted molar refractivity (Wildman–Crippen MR) is 100.0 cm³/mol. The van der Waals surface area contributed by atoms with Gasteiger partial charge < -0.3 is 24.6 Å². The average Bonchev–Trinajstić information content (AvgIpc) is 3.35. The Kier molecular flexibility index (Phi) is 4.08. The summed E-state index contributed by atoms with van der Waals surface area (Å²) in [5.41, 5.74) is 1.15. The van der Waals surface area contributed by atoms with Crippen molar-refractivity contribution >= 4 is 17.5 Å². The molecule has 2 aliphatic heterocycles. The third kappa shape index (κ3) is 2.93. The number of carbonyl (C=O) groups is 2. The Morgan fingerprint density at radius 2 is 2.07 bits per heavy atom. The smallest absolute Gasteiger partial charge is 0.262 e. The van der Waals surface area contributed by atoms with Crippen molar-refractivity contribution < 1.29 is 19.4 Å². The average molecular weight is 382 g/mol. The fourth-order valence-electron chi connectivity index (χ4n) is 4.75. The van der Waals surface area contributed by atoms with E-state index in [-0.39, 0.29) is 24.5 Å². The van der Waals surface area contributed by atoms with Gasteiger partial charge in [-0.25, -0.2) is 4.98 Å². The molecule has 8 heteroatoms. The zero-order valence-corrected chi connectivity index (χ0v) is 15.3. The summed E-state index contributed by atoms with van der Waals surface area (Å²) in [5, 5.41) is 13.3. The van der Waals surface area contributed by atoms with Gasteiger partial charge in [0.1, 0.15) is 5.75 Å². The maximum atomic E-state index is 13.0. The van der Waals surface area contributed by atoms with Crippen LogP contribution in [0, 0.1) is 11.8 Å². The lowest BCUT2D eigenvalue weighted by atomic mass is 9.77. The number of hydrogen-bond donors (Lipinski definition) is 2. The van der Waals surface area contributed by atoms with E-state index < -0.39 is 6.10 Å². The number of aliphatic hydroxyl groups excluding tert-OH is 1. The van der Waals surface area contributed by atoms with E-state index in [1.807, 2.05) is 15.7 Å². The monoisotopic (exact) mass is 382 g/mol. The molecule has 1 aliphatic carbocycles. The molecule has 0 spiro atoms. The van der Waals surface area contributed by atoms with Gasteiger partial charge in [0.15, 0.2) is 6.61 Å². The van der Waals surface area contributed by atoms with Crippen LogP contribution < -0.4 is 10.1 Å². The molecular formula is C20H22N4O4. The molecule has 1 aromatic carbocycles. The van der Waals surface area contributed by atoms with Crippen molar-refractivity contribution in [1.82, 2.24) is 14.5 Å². The largest absolute Gasteiger partial charge is 0.482 e. The molecule has 146 valence electrons. The minimum atomic E-state index is -0.425. The van der Waals surface area contributed by atoms with Crippen molar-refractivity contribution in [3.8, 4) is 5.75 Å². The van der Waals surface area contributed by atoms with E-state index in [1.54, 1.807) is 30.7 Å². The second-order valence-electron chi connectivity index (χ2n) is 7.89. The van der Waals surface area contributed by atoms with Gasteiger partial charge in [-0.05, 0) is 42.9 Å². The lowest BCUT2D eigenvalue weighted by molar-refractivity contribution is -0.118. The number of fused-ring (bicyclic) bond motifs is 2. The Bertz CT molecular complexity index is 913. The number of likely N-dealkylation sites (tertiary alicyclic amines) is 1. The Morgan fingerprint density at radius 1 is 1.25 bits per heavy atom. The molecule has 2 N–H and O–H groups in total. The summed E-state index contributed by atoms with van der Waals surface area (Å²) in [6.45, 7) is 1.31. The van der Waals surface area contributed by atoms with E-state index >= 15 is 0 Å². The van der Waals surface area contributed by atoms with Crippen LogP contribution >= 0.6 is 0 Å². The van der Waals surface area contributed by atoms with Crippen molar-refractivity contribution in [2.75, 3.05) is 25.0 Å². The van der Waals surface area contributed by atoms with Crippen LogP contribution in [0.25, 0.3) is 0 Å². The van der Waals surface area contributed by atoms with Crippen LogP contribution in [0.2, 0.25) is 0 Å². The molecule has 4 atom stereocenters. The highest BCUT2D eigenvalue weighted by Crippen LogP contribution is 2.41. The number of nitrogens with zero attached hydrogens (tertiary/aromatic N) is 3. The van der Waals surface area contributed by atoms with Gasteiger partial charge in [-0.2, -0.15) is 0 Å². The summed E-state index contributed by atoms with van der Waals surface area (Å²) in [6, 6.07) is 5.14. The molecule has 2 fully saturated rings. The molecular weight excluding hydrogens is 360 g/mol. The summed E-state index contributed by atoms with van der Waals surface area (Å²) in [5.74, 6) is 0.977. The van der Waals surface area contributed by atoms with Crippen LogP contribution in [0.4, 0.5) is 5.69 Å². The first-order valence-electron chi connectivity index (χ1n) is 9.60. The second-order valence-corrected chi connectivity index (χ2v) is 7.89. The molecule has 5 rings (SSSR count). The van der Waals surface area contributed by atoms with Crippen molar-refractivity contribution in [2.45, 2.75) is 25.0 Å². The summed E-state index contributed by atoms with van der Waals surface area (Å²) in [4.78, 5) is 30.4. The zero-order valence-electron chi connectivity index (χ0n) is 15.3. The predicted octanol–water partition coefficient (Wildman–Crippen LogP) is 1.30. The van der Waals surface area contributed by atoms with Crippen LogP contribution in [-0.2, 0) is 4.79 Å². The van der Waals surface area contributed by atoms with Gasteiger partial charge in [0, 0.05) is 31.0 Å². The number of carbonyl (C=O) groups excluding carboxylic acids is 2. The molecule has 2 aromatic rings. The van der Waals surface area contributed by atoms with Crippen LogP contribution in [0.3, 0.4) is 0 Å². The number of benzene rings is 1. The normalized spacial score (nSPS) is 28.9. The molecule has 28 heavy (non-hydrogen) atoms. The van der Waals surface area contributed by atoms with Crippen LogP contribution in [0.5, 0.6) is 5.75 Å². The molecule has 0 radical (unpaired) electrons. The molecule has 2 amide bonds. The number of ether oxygens (including phenoxy) is 1. The maximum absolute atomic E-state index is 13.0. The van der Waals surface area contributed by atoms with Gasteiger partial charge in [0.05, 0.1) is 24.2 Å². The van der Waals surface area contributed by atoms with E-state index in [1.165, 1.54) is 0 Å². The summed E-state index contributed by atoms with van der Waals surface area (Å²) >= 11 is 0. The Balaban J connectivity index is 1.31. The fraction of sp³-hybridized carbons (Fsp3) is 0.450. The number of amides is 2. The van der Waals surface area contributed by atoms with Crippen molar-refractivity contribution in [1.29, 1.82) is 0 Å². The van der Waals surface area contributed by atoms with E-state index in [0.717, 1.165) is 6.42 Å². The lowest BCUT2D eigenvalue weighted by Crippen LogP contribution is -2.35. The number of aromatic nitrogens is 2. The van der Waals surface area contributed by atoms with Crippen LogP contribution in [0.15, 0.2) is 36.9 Å². The molecule has 3 aliphatic rings. The number of nitrogens with one attached hydrogen (secondary N) is 1. The molecule has 0 bridgehead atoms. The molecule has 1 aromatic heterocycles. The second kappa shape index (κ2) is 6.63. The van der Waals surface area contributed by atoms with Gasteiger partial charge in [0.2, 0.25) is 0 Å². The molecule has 3 heterocycles. The van der Waals surface area contributed by atoms with Crippen molar-refractivity contribution in [2.24, 2.45) is 11.8 Å². The summed E-state index contributed by atoms with van der Waals surface area (Å²) in [7, 11) is 0. The Labute approximate surface area is 162 Å². The van der Waals surface area contributed by atoms with Crippen LogP contribution in [-0.4, -0.2) is 57.2 Å². The quantitative estimate of drug-likeness (QED) is 0.816.